The summed E-state index contributed by atoms with van der Waals surface area (Å²) in [6.45, 7) is 2.39. The second-order valence-electron chi connectivity index (χ2n) is 3.25. The first-order valence-electron chi connectivity index (χ1n) is 4.83. The van der Waals surface area contributed by atoms with Crippen LogP contribution in [0.5, 0.6) is 0 Å². The van der Waals surface area contributed by atoms with Crippen molar-refractivity contribution >= 4 is 11.7 Å². The minimum Gasteiger partial charge on any atom is -0.409 e. The number of carbonyl (C=O) groups is 1. The predicted molar refractivity (Wildman–Crippen MR) is 58.2 cm³/mol. The fourth-order valence-corrected chi connectivity index (χ4v) is 1.30. The average molecular weight is 225 g/mol. The molecule has 0 unspecified atom stereocenters. The molecule has 0 radical (unpaired) electrons. The highest BCUT2D eigenvalue weighted by Crippen LogP contribution is 2.02. The molecular weight excluding hydrogens is 210 g/mol. The minimum atomic E-state index is -0.200. The molecular formula is C9H15N5O2. The Labute approximate surface area is 93.1 Å². The SMILES string of the molecule is CCN(CC(N)=NO)C(=O)c1ccnn1C. The van der Waals surface area contributed by atoms with Crippen molar-refractivity contribution < 1.29 is 10.0 Å². The summed E-state index contributed by atoms with van der Waals surface area (Å²) in [6, 6.07) is 1.62. The van der Waals surface area contributed by atoms with Crippen molar-refractivity contribution in [1.29, 1.82) is 0 Å². The number of likely N-dealkylation sites (N-methyl/N-ethyl adjacent to an activating group) is 1. The van der Waals surface area contributed by atoms with Gasteiger partial charge in [-0.05, 0) is 13.0 Å². The van der Waals surface area contributed by atoms with Gasteiger partial charge in [0.1, 0.15) is 5.69 Å². The molecule has 0 fully saturated rings. The van der Waals surface area contributed by atoms with Crippen LogP contribution >= 0.6 is 0 Å². The van der Waals surface area contributed by atoms with Gasteiger partial charge in [0.25, 0.3) is 5.91 Å². The number of carbonyl (C=O) groups excluding carboxylic acids is 1. The predicted octanol–water partition coefficient (Wildman–Crippen LogP) is -0.371. The molecule has 0 aliphatic rings. The first-order valence-corrected chi connectivity index (χ1v) is 4.83. The summed E-state index contributed by atoms with van der Waals surface area (Å²) in [4.78, 5) is 13.4. The maximum Gasteiger partial charge on any atom is 0.272 e. The van der Waals surface area contributed by atoms with E-state index in [0.717, 1.165) is 0 Å². The zero-order chi connectivity index (χ0) is 12.1. The lowest BCUT2D eigenvalue weighted by atomic mass is 10.3. The second kappa shape index (κ2) is 5.15. The summed E-state index contributed by atoms with van der Waals surface area (Å²) in [6.07, 6.45) is 1.55. The van der Waals surface area contributed by atoms with E-state index < -0.39 is 0 Å². The largest absolute Gasteiger partial charge is 0.409 e. The number of rotatable bonds is 4. The number of aromatic nitrogens is 2. The number of amidine groups is 1. The highest BCUT2D eigenvalue weighted by atomic mass is 16.4. The minimum absolute atomic E-state index is 0.00244. The van der Waals surface area contributed by atoms with Crippen LogP contribution in [0.4, 0.5) is 0 Å². The van der Waals surface area contributed by atoms with Gasteiger partial charge in [-0.15, -0.1) is 0 Å². The Hall–Kier alpha value is -2.05. The lowest BCUT2D eigenvalue weighted by Gasteiger charge is -2.19. The number of nitrogens with two attached hydrogens (primary N) is 1. The molecule has 3 N–H and O–H groups in total. The van der Waals surface area contributed by atoms with Crippen LogP contribution in [0, 0.1) is 0 Å². The summed E-state index contributed by atoms with van der Waals surface area (Å²) in [7, 11) is 1.69. The van der Waals surface area contributed by atoms with Gasteiger partial charge in [-0.3, -0.25) is 9.48 Å². The lowest BCUT2D eigenvalue weighted by molar-refractivity contribution is 0.0775. The van der Waals surface area contributed by atoms with Gasteiger partial charge in [0, 0.05) is 19.8 Å². The third-order valence-electron chi connectivity index (χ3n) is 2.19. The number of aryl methyl sites for hydroxylation is 1. The number of amides is 1. The number of oxime groups is 1. The summed E-state index contributed by atoms with van der Waals surface area (Å²) >= 11 is 0. The van der Waals surface area contributed by atoms with Crippen LogP contribution in [-0.4, -0.2) is 44.7 Å². The fourth-order valence-electron chi connectivity index (χ4n) is 1.30. The van der Waals surface area contributed by atoms with E-state index in [9.17, 15) is 4.79 Å². The molecule has 1 amide bonds. The molecule has 0 bridgehead atoms. The fraction of sp³-hybridized carbons (Fsp3) is 0.444. The molecule has 0 spiro atoms. The molecule has 7 nitrogen and oxygen atoms in total. The van der Waals surface area contributed by atoms with Crippen LogP contribution in [0.1, 0.15) is 17.4 Å². The van der Waals surface area contributed by atoms with Gasteiger partial charge < -0.3 is 15.8 Å². The van der Waals surface area contributed by atoms with Gasteiger partial charge in [0.2, 0.25) is 0 Å². The molecule has 1 aromatic rings. The van der Waals surface area contributed by atoms with Crippen LogP contribution < -0.4 is 5.73 Å². The second-order valence-corrected chi connectivity index (χ2v) is 3.25. The normalized spacial score (nSPS) is 11.5. The van der Waals surface area contributed by atoms with Crippen molar-refractivity contribution in [3.8, 4) is 0 Å². The van der Waals surface area contributed by atoms with E-state index in [4.69, 9.17) is 10.9 Å². The quantitative estimate of drug-likeness (QED) is 0.316. The average Bonchev–Trinajstić information content (AvgIpc) is 2.71. The summed E-state index contributed by atoms with van der Waals surface area (Å²) in [5.41, 5.74) is 5.83. The summed E-state index contributed by atoms with van der Waals surface area (Å²) < 4.78 is 1.48. The molecule has 1 rings (SSSR count). The van der Waals surface area contributed by atoms with Crippen LogP contribution in [0.25, 0.3) is 0 Å². The van der Waals surface area contributed by atoms with Crippen molar-refractivity contribution in [3.05, 3.63) is 18.0 Å². The number of hydrogen-bond donors (Lipinski definition) is 2. The molecule has 88 valence electrons. The van der Waals surface area contributed by atoms with Gasteiger partial charge >= 0.3 is 0 Å². The van der Waals surface area contributed by atoms with Crippen molar-refractivity contribution in [3.63, 3.8) is 0 Å². The number of nitrogens with zero attached hydrogens (tertiary/aromatic N) is 4. The Kier molecular flexibility index (Phi) is 3.87. The Morgan fingerprint density at radius 2 is 2.44 bits per heavy atom. The van der Waals surface area contributed by atoms with Gasteiger partial charge in [-0.2, -0.15) is 5.10 Å². The van der Waals surface area contributed by atoms with Crippen LogP contribution in [0.15, 0.2) is 17.4 Å². The summed E-state index contributed by atoms with van der Waals surface area (Å²) in [5, 5.41) is 15.2. The van der Waals surface area contributed by atoms with Crippen molar-refractivity contribution in [1.82, 2.24) is 14.7 Å². The Bertz CT molecular complexity index is 398. The lowest BCUT2D eigenvalue weighted by Crippen LogP contribution is -2.39. The maximum atomic E-state index is 12.0. The monoisotopic (exact) mass is 225 g/mol. The van der Waals surface area contributed by atoms with Crippen molar-refractivity contribution in [2.24, 2.45) is 17.9 Å². The van der Waals surface area contributed by atoms with Gasteiger partial charge in [-0.1, -0.05) is 5.16 Å². The molecule has 16 heavy (non-hydrogen) atoms. The van der Waals surface area contributed by atoms with E-state index >= 15 is 0 Å². The van der Waals surface area contributed by atoms with Crippen LogP contribution in [-0.2, 0) is 7.05 Å². The molecule has 0 aliphatic carbocycles. The molecule has 0 aromatic carbocycles. The van der Waals surface area contributed by atoms with Gasteiger partial charge in [0.15, 0.2) is 5.84 Å². The highest BCUT2D eigenvalue weighted by Gasteiger charge is 2.18. The maximum absolute atomic E-state index is 12.0. The zero-order valence-corrected chi connectivity index (χ0v) is 9.29. The van der Waals surface area contributed by atoms with E-state index in [1.54, 1.807) is 19.3 Å². The molecule has 0 saturated heterocycles. The smallest absolute Gasteiger partial charge is 0.272 e. The first-order chi connectivity index (χ1) is 7.60. The topological polar surface area (TPSA) is 96.7 Å². The highest BCUT2D eigenvalue weighted by molar-refractivity contribution is 5.95. The van der Waals surface area contributed by atoms with E-state index in [1.165, 1.54) is 9.58 Å². The first kappa shape index (κ1) is 12.0. The Balaban J connectivity index is 2.82. The molecule has 1 aromatic heterocycles. The van der Waals surface area contributed by atoms with Crippen LogP contribution in [0.2, 0.25) is 0 Å². The third kappa shape index (κ3) is 2.50. The third-order valence-corrected chi connectivity index (χ3v) is 2.19. The standard InChI is InChI=1S/C9H15N5O2/c1-3-14(6-8(10)12-16)9(15)7-4-5-11-13(7)2/h4-5,16H,3,6H2,1-2H3,(H2,10,12). The number of hydrogen-bond acceptors (Lipinski definition) is 4. The molecule has 7 heteroatoms. The van der Waals surface area contributed by atoms with E-state index in [1.807, 2.05) is 6.92 Å². The zero-order valence-electron chi connectivity index (χ0n) is 9.29. The van der Waals surface area contributed by atoms with Crippen molar-refractivity contribution in [2.75, 3.05) is 13.1 Å². The molecule has 0 saturated carbocycles. The summed E-state index contributed by atoms with van der Waals surface area (Å²) in [5.74, 6) is -0.202. The van der Waals surface area contributed by atoms with E-state index in [-0.39, 0.29) is 18.3 Å². The molecule has 0 aliphatic heterocycles. The Morgan fingerprint density at radius 3 is 2.88 bits per heavy atom. The van der Waals surface area contributed by atoms with Gasteiger partial charge in [0.05, 0.1) is 6.54 Å². The van der Waals surface area contributed by atoms with Gasteiger partial charge in [-0.25, -0.2) is 0 Å². The molecule has 1 heterocycles. The molecule has 0 atom stereocenters. The van der Waals surface area contributed by atoms with Crippen molar-refractivity contribution in [2.45, 2.75) is 6.92 Å². The van der Waals surface area contributed by atoms with E-state index in [2.05, 4.69) is 10.3 Å². The van der Waals surface area contributed by atoms with Crippen LogP contribution in [0.3, 0.4) is 0 Å². The Morgan fingerprint density at radius 1 is 1.75 bits per heavy atom. The van der Waals surface area contributed by atoms with E-state index in [0.29, 0.717) is 12.2 Å².